The first-order chi connectivity index (χ1) is 29.4. The summed E-state index contributed by atoms with van der Waals surface area (Å²) in [5.74, 6) is -1.61. The van der Waals surface area contributed by atoms with E-state index in [0.717, 1.165) is 37.7 Å². The SMILES string of the molecule is CCCCC/C=C\C[C@@](C)(NC(=O)[C@@H]1C[C@@H](Oc2cc(-c3ccccc3)nc3cc(OC)ccc23)CN1C(=O)[C@H](C)CC(=O)N1CC[C@@H](C(C)(C)N)C1)C(=O)NS(=O)(=O)C1CC1. The number of hydrogen-bond acceptors (Lipinski definition) is 10. The third-order valence-electron chi connectivity index (χ3n) is 12.5. The minimum atomic E-state index is -3.94. The second-order valence-electron chi connectivity index (χ2n) is 18.2. The number of aromatic nitrogens is 1. The molecular formula is C47H64N6O8S. The highest BCUT2D eigenvalue weighted by atomic mass is 32.2. The number of pyridine rings is 1. The summed E-state index contributed by atoms with van der Waals surface area (Å²) >= 11 is 0. The summed E-state index contributed by atoms with van der Waals surface area (Å²) in [6.45, 7) is 10.3. The first-order valence-electron chi connectivity index (χ1n) is 22.0. The number of sulfonamides is 1. The number of methoxy groups -OCH3 is 1. The average Bonchev–Trinajstić information content (AvgIpc) is 3.83. The molecule has 1 aromatic heterocycles. The number of rotatable bonds is 19. The zero-order chi connectivity index (χ0) is 44.8. The van der Waals surface area contributed by atoms with E-state index in [0.29, 0.717) is 54.0 Å². The normalized spacial score (nSPS) is 20.9. The van der Waals surface area contributed by atoms with Crippen LogP contribution in [-0.2, 0) is 29.2 Å². The van der Waals surface area contributed by atoms with Crippen LogP contribution in [0.1, 0.15) is 98.8 Å². The van der Waals surface area contributed by atoms with Gasteiger partial charge >= 0.3 is 0 Å². The van der Waals surface area contributed by atoms with Crippen LogP contribution in [0.5, 0.6) is 11.5 Å². The quantitative estimate of drug-likeness (QED) is 0.0969. The van der Waals surface area contributed by atoms with Gasteiger partial charge in [-0.15, -0.1) is 0 Å². The number of nitrogens with two attached hydrogens (primary N) is 1. The molecule has 1 saturated carbocycles. The third-order valence-corrected chi connectivity index (χ3v) is 14.3. The first kappa shape index (κ1) is 46.5. The zero-order valence-electron chi connectivity index (χ0n) is 37.0. The molecule has 3 aliphatic rings. The molecule has 14 nitrogen and oxygen atoms in total. The lowest BCUT2D eigenvalue weighted by molar-refractivity contribution is -0.145. The Kier molecular flexibility index (Phi) is 14.7. The van der Waals surface area contributed by atoms with Gasteiger partial charge in [0.2, 0.25) is 27.7 Å². The highest BCUT2D eigenvalue weighted by Crippen LogP contribution is 2.36. The van der Waals surface area contributed by atoms with E-state index in [-0.39, 0.29) is 37.6 Å². The molecule has 2 saturated heterocycles. The number of amides is 4. The summed E-state index contributed by atoms with van der Waals surface area (Å²) in [7, 11) is -2.36. The van der Waals surface area contributed by atoms with E-state index >= 15 is 0 Å². The fourth-order valence-corrected chi connectivity index (χ4v) is 9.68. The largest absolute Gasteiger partial charge is 0.497 e. The maximum Gasteiger partial charge on any atom is 0.259 e. The van der Waals surface area contributed by atoms with Gasteiger partial charge in [-0.25, -0.2) is 13.4 Å². The van der Waals surface area contributed by atoms with E-state index in [1.54, 1.807) is 25.0 Å². The molecule has 3 heterocycles. The van der Waals surface area contributed by atoms with Crippen LogP contribution in [0.25, 0.3) is 22.2 Å². The van der Waals surface area contributed by atoms with Crippen LogP contribution in [-0.4, -0.2) is 102 Å². The molecule has 0 unspecified atom stereocenters. The van der Waals surface area contributed by atoms with Gasteiger partial charge in [-0.3, -0.25) is 23.9 Å². The summed E-state index contributed by atoms with van der Waals surface area (Å²) in [4.78, 5) is 64.8. The summed E-state index contributed by atoms with van der Waals surface area (Å²) in [5.41, 5.74) is 6.39. The van der Waals surface area contributed by atoms with Crippen molar-refractivity contribution in [1.29, 1.82) is 0 Å². The number of likely N-dealkylation sites (tertiary alicyclic amines) is 2. The second-order valence-corrected chi connectivity index (χ2v) is 20.1. The van der Waals surface area contributed by atoms with Crippen molar-refractivity contribution in [2.24, 2.45) is 17.6 Å². The van der Waals surface area contributed by atoms with Crippen molar-refractivity contribution in [2.45, 2.75) is 127 Å². The van der Waals surface area contributed by atoms with Gasteiger partial charge in [-0.05, 0) is 77.3 Å². The van der Waals surface area contributed by atoms with E-state index < -0.39 is 62.1 Å². The molecule has 0 radical (unpaired) electrons. The molecule has 62 heavy (non-hydrogen) atoms. The number of nitrogens with zero attached hydrogens (tertiary/aromatic N) is 3. The molecule has 336 valence electrons. The highest BCUT2D eigenvalue weighted by molar-refractivity contribution is 7.91. The predicted molar refractivity (Wildman–Crippen MR) is 240 cm³/mol. The standard InChI is InChI=1S/C47H64N6O8S/c1-7-8-9-10-11-15-23-47(5,45(57)51-62(58,59)36-19-20-36)50-43(55)40-27-35(30-53(40)44(56)31(2)25-42(54)52-24-22-33(29-52)46(3,4)48)61-41-28-38(32-16-13-12-14-17-32)49-39-26-34(60-6)18-21-37(39)41/h11-18,21,26,28,31,33,35-36,40H,7-10,19-20,22-25,27,29-30,48H2,1-6H3,(H,50,55)(H,51,57)/b15-11-/t31-,33-,35-,40+,47-/m1/s1. The van der Waals surface area contributed by atoms with Gasteiger partial charge in [0, 0.05) is 60.5 Å². The first-order valence-corrected chi connectivity index (χ1v) is 23.6. The number of hydrogen-bond donors (Lipinski definition) is 3. The Morgan fingerprint density at radius 3 is 2.40 bits per heavy atom. The maximum atomic E-state index is 14.6. The Balaban J connectivity index is 1.29. The van der Waals surface area contributed by atoms with Crippen LogP contribution < -0.4 is 25.2 Å². The number of fused-ring (bicyclic) bond motifs is 1. The lowest BCUT2D eigenvalue weighted by Gasteiger charge is -2.32. The van der Waals surface area contributed by atoms with Crippen LogP contribution in [0.15, 0.2) is 66.7 Å². The van der Waals surface area contributed by atoms with Crippen LogP contribution in [0.3, 0.4) is 0 Å². The molecule has 0 spiro atoms. The molecule has 2 aromatic carbocycles. The molecule has 6 rings (SSSR count). The molecule has 5 atom stereocenters. The monoisotopic (exact) mass is 872 g/mol. The number of unbranched alkanes of at least 4 members (excludes halogenated alkanes) is 3. The third kappa shape index (κ3) is 11.3. The fraction of sp³-hybridized carbons (Fsp3) is 0.553. The lowest BCUT2D eigenvalue weighted by Crippen LogP contribution is -2.61. The Labute approximate surface area is 366 Å². The van der Waals surface area contributed by atoms with E-state index in [9.17, 15) is 27.6 Å². The van der Waals surface area contributed by atoms with E-state index in [1.807, 2.05) is 74.5 Å². The number of ether oxygens (including phenoxy) is 2. The number of allylic oxidation sites excluding steroid dienone is 1. The van der Waals surface area contributed by atoms with E-state index in [4.69, 9.17) is 20.2 Å². The number of benzene rings is 2. The van der Waals surface area contributed by atoms with Crippen LogP contribution in [0, 0.1) is 11.8 Å². The van der Waals surface area contributed by atoms with Crippen molar-refractivity contribution in [3.05, 3.63) is 66.7 Å². The van der Waals surface area contributed by atoms with Crippen LogP contribution >= 0.6 is 0 Å². The Morgan fingerprint density at radius 1 is 1.00 bits per heavy atom. The summed E-state index contributed by atoms with van der Waals surface area (Å²) in [6.07, 6.45) is 8.56. The van der Waals surface area contributed by atoms with Gasteiger partial charge in [-0.2, -0.15) is 0 Å². The van der Waals surface area contributed by atoms with Gasteiger partial charge in [0.05, 0.1) is 30.1 Å². The lowest BCUT2D eigenvalue weighted by atomic mass is 9.88. The van der Waals surface area contributed by atoms with Crippen LogP contribution in [0.2, 0.25) is 0 Å². The van der Waals surface area contributed by atoms with Gasteiger partial charge in [-0.1, -0.05) is 69.2 Å². The summed E-state index contributed by atoms with van der Waals surface area (Å²) < 4.78 is 40.4. The zero-order valence-corrected chi connectivity index (χ0v) is 37.8. The maximum absolute atomic E-state index is 14.6. The van der Waals surface area contributed by atoms with Gasteiger partial charge in [0.1, 0.15) is 29.2 Å². The number of nitrogens with one attached hydrogen (secondary N) is 2. The van der Waals surface area contributed by atoms with Crippen molar-refractivity contribution in [1.82, 2.24) is 24.8 Å². The minimum absolute atomic E-state index is 0.0134. The molecule has 15 heteroatoms. The smallest absolute Gasteiger partial charge is 0.259 e. The Morgan fingerprint density at radius 2 is 1.74 bits per heavy atom. The van der Waals surface area contributed by atoms with Crippen LogP contribution in [0.4, 0.5) is 0 Å². The molecule has 4 amide bonds. The number of carbonyl (C=O) groups is 4. The van der Waals surface area contributed by atoms with Crippen molar-refractivity contribution in [2.75, 3.05) is 26.7 Å². The topological polar surface area (TPSA) is 190 Å². The molecule has 2 aliphatic heterocycles. The highest BCUT2D eigenvalue weighted by Gasteiger charge is 2.47. The molecular weight excluding hydrogens is 809 g/mol. The van der Waals surface area contributed by atoms with Gasteiger partial charge in [0.25, 0.3) is 5.91 Å². The molecule has 0 bridgehead atoms. The molecule has 4 N–H and O–H groups in total. The Hall–Kier alpha value is -5.02. The molecule has 1 aliphatic carbocycles. The van der Waals surface area contributed by atoms with Crippen molar-refractivity contribution in [3.8, 4) is 22.8 Å². The second kappa shape index (κ2) is 19.6. The van der Waals surface area contributed by atoms with E-state index in [2.05, 4.69) is 17.0 Å². The van der Waals surface area contributed by atoms with Crippen molar-refractivity contribution < 1.29 is 37.1 Å². The van der Waals surface area contributed by atoms with Crippen molar-refractivity contribution in [3.63, 3.8) is 0 Å². The van der Waals surface area contributed by atoms with E-state index in [1.165, 1.54) is 11.8 Å². The summed E-state index contributed by atoms with van der Waals surface area (Å²) in [6, 6.07) is 15.9. The number of carbonyl (C=O) groups excluding carboxylic acids is 4. The van der Waals surface area contributed by atoms with Gasteiger partial charge in [0.15, 0.2) is 0 Å². The minimum Gasteiger partial charge on any atom is -0.497 e. The fourth-order valence-electron chi connectivity index (χ4n) is 8.28. The predicted octanol–water partition coefficient (Wildman–Crippen LogP) is 5.88. The Bertz CT molecular complexity index is 2240. The van der Waals surface area contributed by atoms with Crippen molar-refractivity contribution >= 4 is 44.6 Å². The van der Waals surface area contributed by atoms with Gasteiger partial charge < -0.3 is 30.3 Å². The molecule has 3 fully saturated rings. The average molecular weight is 873 g/mol. The molecule has 3 aromatic rings. The summed E-state index contributed by atoms with van der Waals surface area (Å²) in [5, 5.41) is 2.93.